The maximum Gasteiger partial charge on any atom is 0.387 e. The van der Waals surface area contributed by atoms with Crippen LogP contribution in [-0.4, -0.2) is 54.4 Å². The fourth-order valence-electron chi connectivity index (χ4n) is 3.99. The summed E-state index contributed by atoms with van der Waals surface area (Å²) in [5.41, 5.74) is 0.866. The second-order valence-electron chi connectivity index (χ2n) is 8.70. The number of nitrogens with zero attached hydrogens (tertiary/aromatic N) is 2. The van der Waals surface area contributed by atoms with Crippen LogP contribution in [-0.2, 0) is 0 Å². The third kappa shape index (κ3) is 4.33. The molecule has 1 saturated carbocycles. The van der Waals surface area contributed by atoms with Gasteiger partial charge in [-0.2, -0.15) is 13.9 Å². The summed E-state index contributed by atoms with van der Waals surface area (Å²) in [6, 6.07) is 5.09. The standard InChI is InChI=1S/C21H29F2N3O3/c1-21(2)18(25-26(19(21)27)15-7-9-24-10-8-15)14-5-6-16(29-20(22)23)17(11-14)28-12-13-3-4-13/h5-6,11,13,15,19-20,24,27H,3-4,7-10,12H2,1-2H3. The van der Waals surface area contributed by atoms with E-state index in [9.17, 15) is 13.9 Å². The molecule has 1 saturated heterocycles. The maximum absolute atomic E-state index is 12.8. The summed E-state index contributed by atoms with van der Waals surface area (Å²) in [5, 5.41) is 20.9. The predicted molar refractivity (Wildman–Crippen MR) is 105 cm³/mol. The van der Waals surface area contributed by atoms with Gasteiger partial charge in [0.2, 0.25) is 0 Å². The number of hydrogen-bond donors (Lipinski definition) is 2. The largest absolute Gasteiger partial charge is 0.489 e. The lowest BCUT2D eigenvalue weighted by atomic mass is 9.82. The van der Waals surface area contributed by atoms with Crippen LogP contribution in [0.3, 0.4) is 0 Å². The first kappa shape index (κ1) is 20.3. The van der Waals surface area contributed by atoms with E-state index >= 15 is 0 Å². The molecule has 1 aromatic carbocycles. The van der Waals surface area contributed by atoms with Crippen molar-refractivity contribution < 1.29 is 23.4 Å². The Morgan fingerprint density at radius 1 is 1.21 bits per heavy atom. The van der Waals surface area contributed by atoms with E-state index in [1.807, 2.05) is 18.9 Å². The van der Waals surface area contributed by atoms with Crippen LogP contribution in [0.15, 0.2) is 23.3 Å². The van der Waals surface area contributed by atoms with Crippen molar-refractivity contribution in [3.8, 4) is 11.5 Å². The zero-order valence-corrected chi connectivity index (χ0v) is 16.9. The number of nitrogens with one attached hydrogen (secondary N) is 1. The Labute approximate surface area is 169 Å². The molecular formula is C21H29F2N3O3. The Morgan fingerprint density at radius 2 is 1.93 bits per heavy atom. The van der Waals surface area contributed by atoms with Gasteiger partial charge in [0.1, 0.15) is 0 Å². The maximum atomic E-state index is 12.8. The van der Waals surface area contributed by atoms with Crippen LogP contribution in [0.2, 0.25) is 0 Å². The van der Waals surface area contributed by atoms with Gasteiger partial charge in [-0.3, -0.25) is 5.01 Å². The molecule has 8 heteroatoms. The van der Waals surface area contributed by atoms with Gasteiger partial charge < -0.3 is 19.9 Å². The van der Waals surface area contributed by atoms with Crippen molar-refractivity contribution in [3.05, 3.63) is 23.8 Å². The van der Waals surface area contributed by atoms with Gasteiger partial charge in [0.05, 0.1) is 23.8 Å². The number of aliphatic hydroxyl groups is 1. The minimum absolute atomic E-state index is 0.0246. The first-order valence-corrected chi connectivity index (χ1v) is 10.3. The minimum atomic E-state index is -2.92. The van der Waals surface area contributed by atoms with Crippen LogP contribution < -0.4 is 14.8 Å². The molecule has 0 amide bonds. The van der Waals surface area contributed by atoms with Crippen molar-refractivity contribution in [1.29, 1.82) is 0 Å². The monoisotopic (exact) mass is 409 g/mol. The first-order valence-electron chi connectivity index (χ1n) is 10.3. The predicted octanol–water partition coefficient (Wildman–Crippen LogP) is 3.19. The number of rotatable bonds is 7. The van der Waals surface area contributed by atoms with Crippen LogP contribution in [0, 0.1) is 11.3 Å². The highest BCUT2D eigenvalue weighted by atomic mass is 19.3. The topological polar surface area (TPSA) is 66.3 Å². The first-order chi connectivity index (χ1) is 13.9. The number of aliphatic hydroxyl groups excluding tert-OH is 1. The molecule has 2 N–H and O–H groups in total. The number of benzene rings is 1. The highest BCUT2D eigenvalue weighted by Gasteiger charge is 2.46. The molecule has 160 valence electrons. The van der Waals surface area contributed by atoms with Gasteiger partial charge in [0.15, 0.2) is 17.7 Å². The zero-order chi connectivity index (χ0) is 20.6. The van der Waals surface area contributed by atoms with Crippen LogP contribution in [0.25, 0.3) is 0 Å². The number of hydrazone groups is 1. The van der Waals surface area contributed by atoms with E-state index in [0.717, 1.165) is 50.0 Å². The lowest BCUT2D eigenvalue weighted by Crippen LogP contribution is -2.47. The molecule has 6 nitrogen and oxygen atoms in total. The molecule has 1 atom stereocenters. The van der Waals surface area contributed by atoms with E-state index in [4.69, 9.17) is 9.84 Å². The fraction of sp³-hybridized carbons (Fsp3) is 0.667. The number of ether oxygens (including phenoxy) is 2. The van der Waals surface area contributed by atoms with Gasteiger partial charge in [-0.05, 0) is 76.7 Å². The number of hydrogen-bond acceptors (Lipinski definition) is 6. The summed E-state index contributed by atoms with van der Waals surface area (Å²) >= 11 is 0. The van der Waals surface area contributed by atoms with Crippen LogP contribution in [0.4, 0.5) is 8.78 Å². The summed E-state index contributed by atoms with van der Waals surface area (Å²) in [7, 11) is 0. The van der Waals surface area contributed by atoms with E-state index in [2.05, 4.69) is 10.1 Å². The van der Waals surface area contributed by atoms with E-state index < -0.39 is 18.3 Å². The number of halogens is 2. The Kier molecular flexibility index (Phi) is 5.66. The second kappa shape index (κ2) is 8.07. The summed E-state index contributed by atoms with van der Waals surface area (Å²) in [6.07, 6.45) is 3.29. The Bertz CT molecular complexity index is 762. The molecule has 0 spiro atoms. The van der Waals surface area contributed by atoms with Gasteiger partial charge in [-0.15, -0.1) is 0 Å². The Hall–Kier alpha value is -1.93. The third-order valence-electron chi connectivity index (χ3n) is 6.01. The minimum Gasteiger partial charge on any atom is -0.489 e. The SMILES string of the molecule is CC1(C)C(c2ccc(OC(F)F)c(OCC3CC3)c2)=NN(C2CCNCC2)C1O. The van der Waals surface area contributed by atoms with Crippen molar-refractivity contribution in [2.24, 2.45) is 16.4 Å². The molecule has 1 aromatic rings. The average molecular weight is 409 g/mol. The van der Waals surface area contributed by atoms with E-state index in [-0.39, 0.29) is 11.8 Å². The van der Waals surface area contributed by atoms with Gasteiger partial charge in [0.25, 0.3) is 0 Å². The fourth-order valence-corrected chi connectivity index (χ4v) is 3.99. The average Bonchev–Trinajstić information content (AvgIpc) is 3.48. The lowest BCUT2D eigenvalue weighted by Gasteiger charge is -2.35. The molecule has 2 fully saturated rings. The molecule has 1 aliphatic carbocycles. The lowest BCUT2D eigenvalue weighted by molar-refractivity contribution is -0.0596. The van der Waals surface area contributed by atoms with Crippen molar-refractivity contribution in [2.75, 3.05) is 19.7 Å². The molecule has 2 heterocycles. The highest BCUT2D eigenvalue weighted by Crippen LogP contribution is 2.40. The second-order valence-corrected chi connectivity index (χ2v) is 8.70. The number of alkyl halides is 2. The molecule has 0 aromatic heterocycles. The third-order valence-corrected chi connectivity index (χ3v) is 6.01. The molecule has 1 unspecified atom stereocenters. The van der Waals surface area contributed by atoms with Crippen LogP contribution in [0.5, 0.6) is 11.5 Å². The number of piperidine rings is 1. The molecular weight excluding hydrogens is 380 g/mol. The van der Waals surface area contributed by atoms with Crippen LogP contribution >= 0.6 is 0 Å². The van der Waals surface area contributed by atoms with E-state index in [1.54, 1.807) is 12.1 Å². The molecule has 3 aliphatic rings. The van der Waals surface area contributed by atoms with E-state index in [1.165, 1.54) is 6.07 Å². The molecule has 29 heavy (non-hydrogen) atoms. The summed E-state index contributed by atoms with van der Waals surface area (Å²) in [6.45, 7) is 3.28. The summed E-state index contributed by atoms with van der Waals surface area (Å²) < 4.78 is 36.0. The summed E-state index contributed by atoms with van der Waals surface area (Å²) in [5.74, 6) is 0.801. The van der Waals surface area contributed by atoms with Gasteiger partial charge in [-0.25, -0.2) is 0 Å². The summed E-state index contributed by atoms with van der Waals surface area (Å²) in [4.78, 5) is 0. The molecule has 2 aliphatic heterocycles. The highest BCUT2D eigenvalue weighted by molar-refractivity contribution is 6.06. The van der Waals surface area contributed by atoms with Crippen molar-refractivity contribution in [1.82, 2.24) is 10.3 Å². The van der Waals surface area contributed by atoms with E-state index in [0.29, 0.717) is 18.3 Å². The quantitative estimate of drug-likeness (QED) is 0.724. The molecule has 0 radical (unpaired) electrons. The normalized spacial score (nSPS) is 24.7. The van der Waals surface area contributed by atoms with Crippen molar-refractivity contribution in [3.63, 3.8) is 0 Å². The smallest absolute Gasteiger partial charge is 0.387 e. The molecule has 0 bridgehead atoms. The van der Waals surface area contributed by atoms with Crippen molar-refractivity contribution >= 4 is 5.71 Å². The zero-order valence-electron chi connectivity index (χ0n) is 16.9. The van der Waals surface area contributed by atoms with Gasteiger partial charge >= 0.3 is 6.61 Å². The van der Waals surface area contributed by atoms with Gasteiger partial charge in [0, 0.05) is 5.56 Å². The van der Waals surface area contributed by atoms with Gasteiger partial charge in [-0.1, -0.05) is 0 Å². The van der Waals surface area contributed by atoms with Crippen LogP contribution in [0.1, 0.15) is 45.1 Å². The molecule has 4 rings (SSSR count). The Balaban J connectivity index is 1.63. The Morgan fingerprint density at radius 3 is 2.59 bits per heavy atom. The van der Waals surface area contributed by atoms with Crippen molar-refractivity contribution in [2.45, 2.75) is 58.4 Å².